The van der Waals surface area contributed by atoms with E-state index in [0.29, 0.717) is 18.2 Å². The highest BCUT2D eigenvalue weighted by molar-refractivity contribution is 5.34. The highest BCUT2D eigenvalue weighted by Gasteiger charge is 2.40. The number of hydrogen-bond donors (Lipinski definition) is 1. The Morgan fingerprint density at radius 2 is 2.43 bits per heavy atom. The summed E-state index contributed by atoms with van der Waals surface area (Å²) in [7, 11) is 0. The molecule has 0 radical (unpaired) electrons. The molecule has 2 aliphatic heterocycles. The van der Waals surface area contributed by atoms with Gasteiger partial charge in [-0.1, -0.05) is 0 Å². The predicted molar refractivity (Wildman–Crippen MR) is 52.0 cm³/mol. The summed E-state index contributed by atoms with van der Waals surface area (Å²) < 4.78 is 5.75. The maximum Gasteiger partial charge on any atom is 0.148 e. The van der Waals surface area contributed by atoms with Crippen molar-refractivity contribution < 1.29 is 4.74 Å². The Morgan fingerprint density at radius 1 is 1.43 bits per heavy atom. The van der Waals surface area contributed by atoms with Crippen LogP contribution in [0.4, 0.5) is 5.82 Å². The SMILES string of the molecule is c1cnnc(N[C@H]2CC3CCC2O3)c1. The molecule has 2 unspecified atom stereocenters. The second kappa shape index (κ2) is 3.20. The van der Waals surface area contributed by atoms with Gasteiger partial charge in [0.25, 0.3) is 0 Å². The van der Waals surface area contributed by atoms with E-state index in [1.807, 2.05) is 12.1 Å². The van der Waals surface area contributed by atoms with Crippen LogP contribution in [0.3, 0.4) is 0 Å². The Hall–Kier alpha value is -1.16. The summed E-state index contributed by atoms with van der Waals surface area (Å²) in [6, 6.07) is 4.27. The van der Waals surface area contributed by atoms with Gasteiger partial charge in [0.15, 0.2) is 0 Å². The largest absolute Gasteiger partial charge is 0.373 e. The van der Waals surface area contributed by atoms with E-state index in [-0.39, 0.29) is 0 Å². The van der Waals surface area contributed by atoms with E-state index in [1.165, 1.54) is 12.8 Å². The molecule has 0 aliphatic carbocycles. The molecule has 14 heavy (non-hydrogen) atoms. The molecular formula is C10H13N3O. The first-order chi connectivity index (χ1) is 6.92. The fourth-order valence-electron chi connectivity index (χ4n) is 2.36. The van der Waals surface area contributed by atoms with Gasteiger partial charge in [0.2, 0.25) is 0 Å². The van der Waals surface area contributed by atoms with Gasteiger partial charge >= 0.3 is 0 Å². The summed E-state index contributed by atoms with van der Waals surface area (Å²) in [5.41, 5.74) is 0. The van der Waals surface area contributed by atoms with Crippen molar-refractivity contribution in [3.63, 3.8) is 0 Å². The quantitative estimate of drug-likeness (QED) is 0.763. The lowest BCUT2D eigenvalue weighted by molar-refractivity contribution is 0.102. The Balaban J connectivity index is 1.69. The van der Waals surface area contributed by atoms with Crippen LogP contribution in [0.15, 0.2) is 18.3 Å². The fourth-order valence-corrected chi connectivity index (χ4v) is 2.36. The van der Waals surface area contributed by atoms with Gasteiger partial charge in [-0.15, -0.1) is 5.10 Å². The number of rotatable bonds is 2. The number of nitrogens with zero attached hydrogens (tertiary/aromatic N) is 2. The Labute approximate surface area is 82.7 Å². The van der Waals surface area contributed by atoms with Gasteiger partial charge in [-0.25, -0.2) is 0 Å². The van der Waals surface area contributed by atoms with Gasteiger partial charge in [-0.3, -0.25) is 0 Å². The molecule has 0 spiro atoms. The maximum atomic E-state index is 5.75. The molecule has 74 valence electrons. The molecule has 2 fully saturated rings. The zero-order valence-corrected chi connectivity index (χ0v) is 7.89. The lowest BCUT2D eigenvalue weighted by atomic mass is 9.95. The van der Waals surface area contributed by atoms with Gasteiger partial charge < -0.3 is 10.1 Å². The third-order valence-corrected chi connectivity index (χ3v) is 3.01. The zero-order valence-electron chi connectivity index (χ0n) is 7.89. The summed E-state index contributed by atoms with van der Waals surface area (Å²) >= 11 is 0. The van der Waals surface area contributed by atoms with Crippen LogP contribution in [-0.2, 0) is 4.74 Å². The topological polar surface area (TPSA) is 47.0 Å². The molecule has 0 aromatic carbocycles. The van der Waals surface area contributed by atoms with Crippen molar-refractivity contribution in [3.8, 4) is 0 Å². The minimum atomic E-state index is 0.391. The van der Waals surface area contributed by atoms with Crippen molar-refractivity contribution in [2.45, 2.75) is 37.5 Å². The summed E-state index contributed by atoms with van der Waals surface area (Å²) in [6.07, 6.45) is 6.08. The van der Waals surface area contributed by atoms with Gasteiger partial charge in [-0.05, 0) is 31.4 Å². The van der Waals surface area contributed by atoms with Crippen molar-refractivity contribution in [2.75, 3.05) is 5.32 Å². The minimum absolute atomic E-state index is 0.391. The fraction of sp³-hybridized carbons (Fsp3) is 0.600. The third-order valence-electron chi connectivity index (χ3n) is 3.01. The Kier molecular flexibility index (Phi) is 1.87. The van der Waals surface area contributed by atoms with Crippen LogP contribution in [0.2, 0.25) is 0 Å². The first-order valence-electron chi connectivity index (χ1n) is 5.11. The van der Waals surface area contributed by atoms with Crippen LogP contribution in [-0.4, -0.2) is 28.4 Å². The van der Waals surface area contributed by atoms with Gasteiger partial charge in [0, 0.05) is 6.20 Å². The molecule has 3 rings (SSSR count). The molecule has 0 saturated carbocycles. The summed E-state index contributed by atoms with van der Waals surface area (Å²) in [6.45, 7) is 0. The van der Waals surface area contributed by atoms with Crippen molar-refractivity contribution >= 4 is 5.82 Å². The molecule has 3 atom stereocenters. The van der Waals surface area contributed by atoms with Crippen LogP contribution in [0.1, 0.15) is 19.3 Å². The maximum absolute atomic E-state index is 5.75. The number of ether oxygens (including phenoxy) is 1. The monoisotopic (exact) mass is 191 g/mol. The Morgan fingerprint density at radius 3 is 3.07 bits per heavy atom. The van der Waals surface area contributed by atoms with E-state index >= 15 is 0 Å². The standard InChI is InChI=1S/C10H13N3O/c1-2-10(13-11-5-1)12-8-6-7-3-4-9(8)14-7/h1-2,5,7-9H,3-4,6H2,(H,12,13)/t7?,8-,9?/m0/s1. The number of fused-ring (bicyclic) bond motifs is 2. The average Bonchev–Trinajstić information content (AvgIpc) is 2.81. The highest BCUT2D eigenvalue weighted by Crippen LogP contribution is 2.35. The van der Waals surface area contributed by atoms with E-state index in [2.05, 4.69) is 15.5 Å². The van der Waals surface area contributed by atoms with Crippen molar-refractivity contribution in [3.05, 3.63) is 18.3 Å². The third kappa shape index (κ3) is 1.35. The lowest BCUT2D eigenvalue weighted by Crippen LogP contribution is -2.30. The lowest BCUT2D eigenvalue weighted by Gasteiger charge is -2.19. The normalized spacial score (nSPS) is 34.7. The number of nitrogens with one attached hydrogen (secondary N) is 1. The summed E-state index contributed by atoms with van der Waals surface area (Å²) in [4.78, 5) is 0. The summed E-state index contributed by atoms with van der Waals surface area (Å²) in [5.74, 6) is 0.855. The molecule has 4 nitrogen and oxygen atoms in total. The summed E-state index contributed by atoms with van der Waals surface area (Å²) in [5, 5.41) is 11.2. The molecule has 2 saturated heterocycles. The van der Waals surface area contributed by atoms with Crippen molar-refractivity contribution in [1.29, 1.82) is 0 Å². The molecule has 2 bridgehead atoms. The van der Waals surface area contributed by atoms with Crippen LogP contribution >= 0.6 is 0 Å². The second-order valence-corrected chi connectivity index (χ2v) is 3.97. The second-order valence-electron chi connectivity index (χ2n) is 3.97. The predicted octanol–water partition coefficient (Wildman–Crippen LogP) is 1.21. The minimum Gasteiger partial charge on any atom is -0.373 e. The van der Waals surface area contributed by atoms with Crippen molar-refractivity contribution in [1.82, 2.24) is 10.2 Å². The average molecular weight is 191 g/mol. The van der Waals surface area contributed by atoms with E-state index in [0.717, 1.165) is 12.2 Å². The molecule has 1 N–H and O–H groups in total. The van der Waals surface area contributed by atoms with E-state index in [9.17, 15) is 0 Å². The van der Waals surface area contributed by atoms with Crippen LogP contribution < -0.4 is 5.32 Å². The first-order valence-corrected chi connectivity index (χ1v) is 5.11. The smallest absolute Gasteiger partial charge is 0.148 e. The Bertz CT molecular complexity index is 316. The van der Waals surface area contributed by atoms with Gasteiger partial charge in [0.1, 0.15) is 5.82 Å². The van der Waals surface area contributed by atoms with Crippen LogP contribution in [0, 0.1) is 0 Å². The molecule has 3 heterocycles. The van der Waals surface area contributed by atoms with Crippen molar-refractivity contribution in [2.24, 2.45) is 0 Å². The van der Waals surface area contributed by atoms with Gasteiger partial charge in [-0.2, -0.15) is 5.10 Å². The number of hydrogen-bond acceptors (Lipinski definition) is 4. The zero-order chi connectivity index (χ0) is 9.38. The van der Waals surface area contributed by atoms with Gasteiger partial charge in [0.05, 0.1) is 18.2 Å². The molecule has 2 aliphatic rings. The molecule has 0 amide bonds. The van der Waals surface area contributed by atoms with E-state index in [1.54, 1.807) is 6.20 Å². The molecule has 1 aromatic heterocycles. The van der Waals surface area contributed by atoms with E-state index in [4.69, 9.17) is 4.74 Å². The number of anilines is 1. The first kappa shape index (κ1) is 8.17. The molecule has 4 heteroatoms. The molecular weight excluding hydrogens is 178 g/mol. The number of aromatic nitrogens is 2. The van der Waals surface area contributed by atoms with Crippen LogP contribution in [0.25, 0.3) is 0 Å². The van der Waals surface area contributed by atoms with E-state index < -0.39 is 0 Å². The molecule has 1 aromatic rings. The highest BCUT2D eigenvalue weighted by atomic mass is 16.5. The van der Waals surface area contributed by atoms with Crippen LogP contribution in [0.5, 0.6) is 0 Å².